The van der Waals surface area contributed by atoms with Crippen LogP contribution in [-0.4, -0.2) is 33.6 Å². The van der Waals surface area contributed by atoms with Crippen LogP contribution in [-0.2, 0) is 24.1 Å². The maximum absolute atomic E-state index is 14.0. The summed E-state index contributed by atoms with van der Waals surface area (Å²) in [4.78, 5) is 15.0. The number of carbonyl (C=O) groups excluding carboxylic acids is 1. The molecular weight excluding hydrogens is 493 g/mol. The van der Waals surface area contributed by atoms with Crippen molar-refractivity contribution < 1.29 is 17.9 Å². The molecule has 0 aromatic heterocycles. The summed E-state index contributed by atoms with van der Waals surface area (Å²) in [6.45, 7) is 11.9. The van der Waals surface area contributed by atoms with Gasteiger partial charge in [-0.2, -0.15) is 0 Å². The van der Waals surface area contributed by atoms with E-state index in [9.17, 15) is 13.2 Å². The number of nitrogens with zero attached hydrogens (tertiary/aromatic N) is 1. The standard InChI is InChI=1S/C26H33Cl2NO4S/c1-17(2)29(24(30)25(4,5)6)23-10-8-19(15-22(23)28)26(11-13-33-14-12-26)34(31,32)20-9-7-18(3)21(27)16-20/h7-10,15-17H,11-14H2,1-6H3. The van der Waals surface area contributed by atoms with Gasteiger partial charge in [-0.15, -0.1) is 0 Å². The van der Waals surface area contributed by atoms with Gasteiger partial charge in [0.05, 0.1) is 15.6 Å². The van der Waals surface area contributed by atoms with Crippen molar-refractivity contribution in [3.8, 4) is 0 Å². The van der Waals surface area contributed by atoms with Crippen LogP contribution in [0.15, 0.2) is 41.3 Å². The summed E-state index contributed by atoms with van der Waals surface area (Å²) >= 11 is 13.0. The van der Waals surface area contributed by atoms with E-state index in [0.717, 1.165) is 5.56 Å². The summed E-state index contributed by atoms with van der Waals surface area (Å²) < 4.78 is 32.4. The minimum absolute atomic E-state index is 0.0557. The molecule has 1 aliphatic rings. The van der Waals surface area contributed by atoms with Crippen molar-refractivity contribution in [1.82, 2.24) is 0 Å². The van der Waals surface area contributed by atoms with Crippen LogP contribution < -0.4 is 4.90 Å². The fourth-order valence-corrected chi connectivity index (χ4v) is 6.98. The highest BCUT2D eigenvalue weighted by molar-refractivity contribution is 7.92. The first-order valence-corrected chi connectivity index (χ1v) is 13.7. The van der Waals surface area contributed by atoms with Gasteiger partial charge in [-0.25, -0.2) is 8.42 Å². The van der Waals surface area contributed by atoms with Gasteiger partial charge in [0.15, 0.2) is 9.84 Å². The lowest BCUT2D eigenvalue weighted by atomic mass is 9.89. The topological polar surface area (TPSA) is 63.7 Å². The van der Waals surface area contributed by atoms with E-state index in [0.29, 0.717) is 47.4 Å². The van der Waals surface area contributed by atoms with Crippen molar-refractivity contribution in [2.75, 3.05) is 18.1 Å². The number of rotatable bonds is 5. The van der Waals surface area contributed by atoms with Crippen molar-refractivity contribution in [2.45, 2.75) is 70.1 Å². The summed E-state index contributed by atoms with van der Waals surface area (Å²) in [5.41, 5.74) is 1.38. The molecule has 5 nitrogen and oxygen atoms in total. The maximum Gasteiger partial charge on any atom is 0.232 e. The summed E-state index contributed by atoms with van der Waals surface area (Å²) in [5.74, 6) is -0.0557. The molecular formula is C26H33Cl2NO4S. The van der Waals surface area contributed by atoms with Crippen LogP contribution >= 0.6 is 23.2 Å². The number of aryl methyl sites for hydroxylation is 1. The minimum Gasteiger partial charge on any atom is -0.381 e. The van der Waals surface area contributed by atoms with Gasteiger partial charge in [0, 0.05) is 29.7 Å². The van der Waals surface area contributed by atoms with E-state index in [1.165, 1.54) is 6.07 Å². The number of halogens is 2. The molecule has 0 spiro atoms. The molecule has 1 heterocycles. The zero-order valence-electron chi connectivity index (χ0n) is 20.6. The molecule has 1 fully saturated rings. The molecule has 186 valence electrons. The van der Waals surface area contributed by atoms with Gasteiger partial charge in [-0.3, -0.25) is 4.79 Å². The third-order valence-electron chi connectivity index (χ3n) is 6.38. The first-order valence-electron chi connectivity index (χ1n) is 11.4. The van der Waals surface area contributed by atoms with Crippen LogP contribution in [0.1, 0.15) is 58.6 Å². The Bertz CT molecular complexity index is 1180. The van der Waals surface area contributed by atoms with E-state index >= 15 is 0 Å². The first-order chi connectivity index (χ1) is 15.7. The second-order valence-corrected chi connectivity index (χ2v) is 13.3. The molecule has 0 bridgehead atoms. The molecule has 0 atom stereocenters. The van der Waals surface area contributed by atoms with Gasteiger partial charge in [0.25, 0.3) is 0 Å². The van der Waals surface area contributed by atoms with Crippen LogP contribution in [0, 0.1) is 12.3 Å². The Morgan fingerprint density at radius 1 is 1.03 bits per heavy atom. The van der Waals surface area contributed by atoms with Crippen molar-refractivity contribution >= 4 is 44.6 Å². The monoisotopic (exact) mass is 525 g/mol. The first kappa shape index (κ1) is 27.0. The van der Waals surface area contributed by atoms with Crippen LogP contribution in [0.25, 0.3) is 0 Å². The number of anilines is 1. The molecule has 0 radical (unpaired) electrons. The Labute approximate surface area is 213 Å². The predicted molar refractivity (Wildman–Crippen MR) is 139 cm³/mol. The molecule has 1 saturated heterocycles. The van der Waals surface area contributed by atoms with E-state index < -0.39 is 20.0 Å². The molecule has 0 unspecified atom stereocenters. The maximum atomic E-state index is 14.0. The number of sulfone groups is 1. The van der Waals surface area contributed by atoms with E-state index in [1.54, 1.807) is 35.2 Å². The Morgan fingerprint density at radius 2 is 1.65 bits per heavy atom. The molecule has 8 heteroatoms. The van der Waals surface area contributed by atoms with Crippen LogP contribution in [0.4, 0.5) is 5.69 Å². The number of hydrogen-bond donors (Lipinski definition) is 0. The van der Waals surface area contributed by atoms with E-state index in [-0.39, 0.29) is 16.8 Å². The Balaban J connectivity index is 2.15. The minimum atomic E-state index is -3.83. The van der Waals surface area contributed by atoms with Crippen LogP contribution in [0.3, 0.4) is 0 Å². The largest absolute Gasteiger partial charge is 0.381 e. The summed E-state index contributed by atoms with van der Waals surface area (Å²) in [6, 6.07) is 9.96. The van der Waals surface area contributed by atoms with Gasteiger partial charge in [0.1, 0.15) is 4.75 Å². The zero-order valence-corrected chi connectivity index (χ0v) is 22.9. The molecule has 2 aromatic rings. The molecule has 0 N–H and O–H groups in total. The van der Waals surface area contributed by atoms with Gasteiger partial charge >= 0.3 is 0 Å². The second-order valence-electron chi connectivity index (χ2n) is 10.2. The summed E-state index contributed by atoms with van der Waals surface area (Å²) in [6.07, 6.45) is 0.594. The third kappa shape index (κ3) is 4.88. The lowest BCUT2D eigenvalue weighted by Gasteiger charge is -2.38. The SMILES string of the molecule is Cc1ccc(S(=O)(=O)C2(c3ccc(N(C(=O)C(C)(C)C)C(C)C)c(Cl)c3)CCOCC2)cc1Cl. The van der Waals surface area contributed by atoms with Crippen molar-refractivity contribution in [3.63, 3.8) is 0 Å². The van der Waals surface area contributed by atoms with E-state index in [2.05, 4.69) is 0 Å². The lowest BCUT2D eigenvalue weighted by molar-refractivity contribution is -0.126. The highest BCUT2D eigenvalue weighted by Crippen LogP contribution is 2.46. The van der Waals surface area contributed by atoms with E-state index in [4.69, 9.17) is 27.9 Å². The van der Waals surface area contributed by atoms with Crippen LogP contribution in [0.2, 0.25) is 10.0 Å². The number of hydrogen-bond acceptors (Lipinski definition) is 4. The normalized spacial score (nSPS) is 16.5. The Kier molecular flexibility index (Phi) is 7.79. The average molecular weight is 527 g/mol. The average Bonchev–Trinajstić information content (AvgIpc) is 2.76. The number of amides is 1. The summed E-state index contributed by atoms with van der Waals surface area (Å²) in [5, 5.41) is 0.747. The van der Waals surface area contributed by atoms with E-state index in [1.807, 2.05) is 41.5 Å². The quantitative estimate of drug-likeness (QED) is 0.442. The summed E-state index contributed by atoms with van der Waals surface area (Å²) in [7, 11) is -3.83. The highest BCUT2D eigenvalue weighted by Gasteiger charge is 2.48. The fraction of sp³-hybridized carbons (Fsp3) is 0.500. The predicted octanol–water partition coefficient (Wildman–Crippen LogP) is 6.57. The molecule has 3 rings (SSSR count). The third-order valence-corrected chi connectivity index (χ3v) is 9.64. The molecule has 1 aliphatic heterocycles. The van der Waals surface area contributed by atoms with Crippen LogP contribution in [0.5, 0.6) is 0 Å². The molecule has 0 aliphatic carbocycles. The highest BCUT2D eigenvalue weighted by atomic mass is 35.5. The van der Waals surface area contributed by atoms with Gasteiger partial charge < -0.3 is 9.64 Å². The second kappa shape index (κ2) is 9.81. The molecule has 1 amide bonds. The van der Waals surface area contributed by atoms with Gasteiger partial charge in [-0.1, -0.05) is 56.1 Å². The number of ether oxygens (including phenoxy) is 1. The molecule has 34 heavy (non-hydrogen) atoms. The number of benzene rings is 2. The molecule has 0 saturated carbocycles. The smallest absolute Gasteiger partial charge is 0.232 e. The molecule has 2 aromatic carbocycles. The lowest BCUT2D eigenvalue weighted by Crippen LogP contribution is -2.44. The number of carbonyl (C=O) groups is 1. The zero-order chi connectivity index (χ0) is 25.5. The Hall–Kier alpha value is -1.60. The van der Waals surface area contributed by atoms with Crippen molar-refractivity contribution in [3.05, 3.63) is 57.6 Å². The fourth-order valence-electron chi connectivity index (χ4n) is 4.35. The Morgan fingerprint density at radius 3 is 2.15 bits per heavy atom. The van der Waals surface area contributed by atoms with Crippen molar-refractivity contribution in [2.24, 2.45) is 5.41 Å². The van der Waals surface area contributed by atoms with Gasteiger partial charge in [0.2, 0.25) is 5.91 Å². The van der Waals surface area contributed by atoms with Crippen molar-refractivity contribution in [1.29, 1.82) is 0 Å². The van der Waals surface area contributed by atoms with Gasteiger partial charge in [-0.05, 0) is 69.0 Å².